The van der Waals surface area contributed by atoms with Gasteiger partial charge in [0.25, 0.3) is 0 Å². The fraction of sp³-hybridized carbons (Fsp3) is 0.292. The van der Waals surface area contributed by atoms with Crippen LogP contribution in [-0.4, -0.2) is 59.1 Å². The van der Waals surface area contributed by atoms with Gasteiger partial charge in [-0.15, -0.1) is 10.2 Å². The molecular formula is C24H22Cl2F3N7O4. The topological polar surface area (TPSA) is 129 Å². The summed E-state index contributed by atoms with van der Waals surface area (Å²) in [6.45, 7) is 0.301. The molecule has 212 valence electrons. The summed E-state index contributed by atoms with van der Waals surface area (Å²) in [4.78, 5) is 29.4. The van der Waals surface area contributed by atoms with Crippen molar-refractivity contribution in [3.05, 3.63) is 80.7 Å². The van der Waals surface area contributed by atoms with E-state index in [4.69, 9.17) is 27.9 Å². The molecule has 0 fully saturated rings. The van der Waals surface area contributed by atoms with Crippen LogP contribution in [0.5, 0.6) is 0 Å². The maximum absolute atomic E-state index is 13.2. The minimum atomic E-state index is -4.97. The van der Waals surface area contributed by atoms with Gasteiger partial charge in [-0.05, 0) is 43.3 Å². The number of amides is 1. The van der Waals surface area contributed by atoms with Gasteiger partial charge in [0, 0.05) is 17.1 Å². The van der Waals surface area contributed by atoms with Crippen LogP contribution in [0, 0.1) is 0 Å². The van der Waals surface area contributed by atoms with Crippen LogP contribution in [-0.2, 0) is 24.4 Å². The lowest BCUT2D eigenvalue weighted by Crippen LogP contribution is -2.37. The Morgan fingerprint density at radius 1 is 1.12 bits per heavy atom. The highest BCUT2D eigenvalue weighted by molar-refractivity contribution is 6.32. The second-order valence-corrected chi connectivity index (χ2v) is 9.20. The first-order chi connectivity index (χ1) is 19.0. The number of carbonyl (C=O) groups excluding carboxylic acids is 1. The predicted molar refractivity (Wildman–Crippen MR) is 138 cm³/mol. The number of aromatic nitrogens is 6. The summed E-state index contributed by atoms with van der Waals surface area (Å²) < 4.78 is 47.5. The zero-order valence-corrected chi connectivity index (χ0v) is 22.3. The molecule has 0 saturated heterocycles. The number of carbonyl (C=O) groups is 1. The van der Waals surface area contributed by atoms with E-state index in [1.165, 1.54) is 28.9 Å². The quantitative estimate of drug-likeness (QED) is 0.299. The van der Waals surface area contributed by atoms with Gasteiger partial charge in [0.05, 0.1) is 17.3 Å². The minimum absolute atomic E-state index is 0.0280. The molecule has 0 radical (unpaired) electrons. The number of nitrogens with zero attached hydrogens (tertiary/aromatic N) is 6. The van der Waals surface area contributed by atoms with Crippen molar-refractivity contribution in [1.29, 1.82) is 0 Å². The molecule has 2 N–H and O–H groups in total. The van der Waals surface area contributed by atoms with Crippen molar-refractivity contribution < 1.29 is 27.8 Å². The van der Waals surface area contributed by atoms with E-state index < -0.39 is 30.6 Å². The fourth-order valence-corrected chi connectivity index (χ4v) is 3.97. The van der Waals surface area contributed by atoms with Gasteiger partial charge in [0.1, 0.15) is 6.54 Å². The molecule has 2 aromatic carbocycles. The molecular weight excluding hydrogens is 578 g/mol. The van der Waals surface area contributed by atoms with Crippen LogP contribution in [0.4, 0.5) is 18.0 Å². The summed E-state index contributed by atoms with van der Waals surface area (Å²) in [5.74, 6) is 0.0581. The molecule has 0 aliphatic carbocycles. The number of rotatable bonds is 9. The average molecular weight is 600 g/mol. The number of benzene rings is 2. The van der Waals surface area contributed by atoms with Crippen molar-refractivity contribution in [3.63, 3.8) is 0 Å². The lowest BCUT2D eigenvalue weighted by molar-refractivity contribution is -0.207. The number of hydrogen-bond acceptors (Lipinski definition) is 7. The molecule has 0 aliphatic heterocycles. The summed E-state index contributed by atoms with van der Waals surface area (Å²) >= 11 is 12.2. The van der Waals surface area contributed by atoms with Crippen LogP contribution < -0.4 is 11.0 Å². The number of nitrogens with one attached hydrogen (secondary N) is 1. The van der Waals surface area contributed by atoms with E-state index in [1.54, 1.807) is 31.2 Å². The highest BCUT2D eigenvalue weighted by Crippen LogP contribution is 2.25. The molecule has 16 heteroatoms. The Morgan fingerprint density at radius 2 is 1.82 bits per heavy atom. The predicted octanol–water partition coefficient (Wildman–Crippen LogP) is 3.82. The highest BCUT2D eigenvalue weighted by Gasteiger charge is 2.39. The van der Waals surface area contributed by atoms with E-state index in [2.05, 4.69) is 20.5 Å². The summed E-state index contributed by atoms with van der Waals surface area (Å²) in [6.07, 6.45) is -8.47. The molecule has 2 aromatic heterocycles. The number of ether oxygens (including phenoxy) is 1. The van der Waals surface area contributed by atoms with Crippen LogP contribution in [0.15, 0.2) is 53.3 Å². The van der Waals surface area contributed by atoms with Crippen LogP contribution >= 0.6 is 23.2 Å². The molecule has 4 rings (SSSR count). The van der Waals surface area contributed by atoms with Crippen molar-refractivity contribution in [2.45, 2.75) is 38.9 Å². The van der Waals surface area contributed by atoms with Crippen LogP contribution in [0.2, 0.25) is 10.0 Å². The van der Waals surface area contributed by atoms with Gasteiger partial charge in [0.15, 0.2) is 30.2 Å². The number of alkyl carbamates (subject to hydrolysis) is 1. The summed E-state index contributed by atoms with van der Waals surface area (Å²) in [7, 11) is 0. The van der Waals surface area contributed by atoms with Gasteiger partial charge in [0.2, 0.25) is 0 Å². The number of alkyl halides is 3. The van der Waals surface area contributed by atoms with Crippen molar-refractivity contribution >= 4 is 29.3 Å². The lowest BCUT2D eigenvalue weighted by Gasteiger charge is -2.15. The minimum Gasteiger partial charge on any atom is -0.441 e. The van der Waals surface area contributed by atoms with Crippen molar-refractivity contribution in [2.24, 2.45) is 0 Å². The molecule has 1 atom stereocenters. The number of halogens is 5. The molecule has 0 saturated carbocycles. The van der Waals surface area contributed by atoms with Crippen LogP contribution in [0.1, 0.15) is 18.6 Å². The van der Waals surface area contributed by atoms with E-state index in [1.807, 2.05) is 0 Å². The first-order valence-electron chi connectivity index (χ1n) is 11.8. The van der Waals surface area contributed by atoms with E-state index >= 15 is 0 Å². The Bertz CT molecular complexity index is 1550. The molecule has 11 nitrogen and oxygen atoms in total. The Kier molecular flexibility index (Phi) is 8.81. The SMILES string of the molecule is CCNC(=O)OCc1nc(Cn2nc(-c3ccc(Cl)cc3)n(C[C@H](O)C(F)(F)F)c2=O)nn1-c1ccccc1Cl. The normalized spacial score (nSPS) is 12.4. The first-order valence-corrected chi connectivity index (χ1v) is 12.5. The van der Waals surface area contributed by atoms with Gasteiger partial charge >= 0.3 is 18.0 Å². The highest BCUT2D eigenvalue weighted by atomic mass is 35.5. The van der Waals surface area contributed by atoms with E-state index in [0.29, 0.717) is 32.4 Å². The molecule has 40 heavy (non-hydrogen) atoms. The Hall–Kier alpha value is -3.88. The molecule has 4 aromatic rings. The van der Waals surface area contributed by atoms with E-state index in [0.717, 1.165) is 4.68 Å². The lowest BCUT2D eigenvalue weighted by atomic mass is 10.2. The van der Waals surface area contributed by atoms with Crippen LogP contribution in [0.25, 0.3) is 17.1 Å². The summed E-state index contributed by atoms with van der Waals surface area (Å²) in [5.41, 5.74) is -0.242. The third-order valence-electron chi connectivity index (χ3n) is 5.50. The number of aliphatic hydroxyl groups excluding tert-OH is 1. The van der Waals surface area contributed by atoms with E-state index in [9.17, 15) is 27.9 Å². The van der Waals surface area contributed by atoms with Crippen molar-refractivity contribution in [2.75, 3.05) is 6.54 Å². The molecule has 2 heterocycles. The molecule has 1 amide bonds. The maximum atomic E-state index is 13.2. The second-order valence-electron chi connectivity index (χ2n) is 8.35. The van der Waals surface area contributed by atoms with Gasteiger partial charge < -0.3 is 15.2 Å². The van der Waals surface area contributed by atoms with Crippen LogP contribution in [0.3, 0.4) is 0 Å². The van der Waals surface area contributed by atoms with Gasteiger partial charge in [-0.1, -0.05) is 35.3 Å². The zero-order valence-electron chi connectivity index (χ0n) is 20.8. The van der Waals surface area contributed by atoms with Crippen molar-refractivity contribution in [3.8, 4) is 17.1 Å². The van der Waals surface area contributed by atoms with Gasteiger partial charge in [-0.25, -0.2) is 23.9 Å². The number of aliphatic hydroxyl groups is 1. The second kappa shape index (κ2) is 12.1. The Labute approximate surface area is 234 Å². The maximum Gasteiger partial charge on any atom is 0.416 e. The summed E-state index contributed by atoms with van der Waals surface area (Å²) in [6, 6.07) is 12.6. The zero-order chi connectivity index (χ0) is 29.0. The Morgan fingerprint density at radius 3 is 2.48 bits per heavy atom. The monoisotopic (exact) mass is 599 g/mol. The molecule has 0 spiro atoms. The third-order valence-corrected chi connectivity index (χ3v) is 6.07. The van der Waals surface area contributed by atoms with Crippen molar-refractivity contribution in [1.82, 2.24) is 34.4 Å². The smallest absolute Gasteiger partial charge is 0.416 e. The average Bonchev–Trinajstić information content (AvgIpc) is 3.44. The van der Waals surface area contributed by atoms with E-state index in [-0.39, 0.29) is 30.6 Å². The molecule has 0 bridgehead atoms. The number of para-hydroxylation sites is 1. The summed E-state index contributed by atoms with van der Waals surface area (Å²) in [5, 5.41) is 21.4. The standard InChI is InChI=1S/C24H22Cl2F3N7O4/c1-2-30-22(38)40-13-20-31-19(32-36(20)17-6-4-3-5-16(17)26)12-35-23(39)34(11-18(37)24(27,28)29)21(33-35)14-7-9-15(25)10-8-14/h3-10,18,37H,2,11-13H2,1H3,(H,30,38)/t18-/m0/s1. The fourth-order valence-electron chi connectivity index (χ4n) is 3.63. The number of hydrogen-bond donors (Lipinski definition) is 2. The van der Waals surface area contributed by atoms with Gasteiger partial charge in [-0.2, -0.15) is 13.2 Å². The molecule has 0 aliphatic rings. The Balaban J connectivity index is 1.74. The van der Waals surface area contributed by atoms with Gasteiger partial charge in [-0.3, -0.25) is 4.57 Å². The molecule has 0 unspecified atom stereocenters. The first kappa shape index (κ1) is 29.1. The largest absolute Gasteiger partial charge is 0.441 e. The third kappa shape index (κ3) is 6.63.